The normalized spacial score (nSPS) is 10.8. The highest BCUT2D eigenvalue weighted by molar-refractivity contribution is 6.42. The van der Waals surface area contributed by atoms with Crippen molar-refractivity contribution in [3.63, 3.8) is 0 Å². The van der Waals surface area contributed by atoms with Crippen LogP contribution in [0.5, 0.6) is 0 Å². The van der Waals surface area contributed by atoms with Gasteiger partial charge in [-0.2, -0.15) is 0 Å². The fourth-order valence-corrected chi connectivity index (χ4v) is 1.88. The first kappa shape index (κ1) is 15.3. The first-order valence-electron chi connectivity index (χ1n) is 5.90. The second-order valence-corrected chi connectivity index (χ2v) is 4.92. The summed E-state index contributed by atoms with van der Waals surface area (Å²) in [6.45, 7) is 0.225. The molecule has 0 unspecified atom stereocenters. The van der Waals surface area contributed by atoms with E-state index in [1.165, 1.54) is 18.3 Å². The molecule has 0 aliphatic rings. The lowest BCUT2D eigenvalue weighted by Gasteiger charge is -2.01. The first-order valence-corrected chi connectivity index (χ1v) is 6.65. The summed E-state index contributed by atoms with van der Waals surface area (Å²) in [6.07, 6.45) is 1.41. The summed E-state index contributed by atoms with van der Waals surface area (Å²) in [4.78, 5) is 15.3. The predicted molar refractivity (Wildman–Crippen MR) is 81.9 cm³/mol. The van der Waals surface area contributed by atoms with Crippen molar-refractivity contribution >= 4 is 35.1 Å². The van der Waals surface area contributed by atoms with Gasteiger partial charge in [0.25, 0.3) is 5.69 Å². The zero-order valence-electron chi connectivity index (χ0n) is 10.7. The van der Waals surface area contributed by atoms with E-state index in [-0.39, 0.29) is 12.3 Å². The van der Waals surface area contributed by atoms with Crippen LogP contribution in [0, 0.1) is 10.1 Å². The van der Waals surface area contributed by atoms with E-state index < -0.39 is 4.92 Å². The molecule has 5 nitrogen and oxygen atoms in total. The number of hydrogen-bond acceptors (Lipinski definition) is 4. The van der Waals surface area contributed by atoms with Gasteiger partial charge in [-0.25, -0.2) is 0 Å². The molecule has 0 bridgehead atoms. The van der Waals surface area contributed by atoms with Crippen LogP contribution in [0.2, 0.25) is 10.0 Å². The number of nitro benzene ring substituents is 1. The van der Waals surface area contributed by atoms with Gasteiger partial charge in [-0.3, -0.25) is 10.1 Å². The van der Waals surface area contributed by atoms with E-state index in [0.29, 0.717) is 15.6 Å². The summed E-state index contributed by atoms with van der Waals surface area (Å²) >= 11 is 11.7. The molecule has 108 valence electrons. The molecule has 0 heterocycles. The van der Waals surface area contributed by atoms with Crippen LogP contribution in [-0.2, 0) is 11.4 Å². The van der Waals surface area contributed by atoms with Gasteiger partial charge < -0.3 is 4.84 Å². The molecule has 2 aromatic rings. The zero-order chi connectivity index (χ0) is 15.2. The number of non-ortho nitro benzene ring substituents is 1. The van der Waals surface area contributed by atoms with Crippen LogP contribution in [0.3, 0.4) is 0 Å². The van der Waals surface area contributed by atoms with E-state index in [1.54, 1.807) is 30.3 Å². The molecular formula is C14H10Cl2N2O3. The lowest BCUT2D eigenvalue weighted by atomic mass is 10.2. The Labute approximate surface area is 130 Å². The molecule has 21 heavy (non-hydrogen) atoms. The van der Waals surface area contributed by atoms with Crippen LogP contribution in [0.25, 0.3) is 0 Å². The Morgan fingerprint density at radius 3 is 2.71 bits per heavy atom. The highest BCUT2D eigenvalue weighted by Crippen LogP contribution is 2.22. The van der Waals surface area contributed by atoms with Gasteiger partial charge in [-0.05, 0) is 17.7 Å². The van der Waals surface area contributed by atoms with Gasteiger partial charge in [0, 0.05) is 17.7 Å². The smallest absolute Gasteiger partial charge is 0.270 e. The van der Waals surface area contributed by atoms with E-state index in [4.69, 9.17) is 28.0 Å². The van der Waals surface area contributed by atoms with E-state index in [0.717, 1.165) is 5.56 Å². The van der Waals surface area contributed by atoms with Crippen molar-refractivity contribution in [3.05, 3.63) is 73.8 Å². The molecule has 2 rings (SSSR count). The summed E-state index contributed by atoms with van der Waals surface area (Å²) in [5.41, 5.74) is 1.40. The Morgan fingerprint density at radius 1 is 1.19 bits per heavy atom. The summed E-state index contributed by atoms with van der Waals surface area (Å²) in [5, 5.41) is 15.3. The second-order valence-electron chi connectivity index (χ2n) is 4.11. The minimum atomic E-state index is -0.464. The Hall–Kier alpha value is -2.11. The Morgan fingerprint density at radius 2 is 2.00 bits per heavy atom. The number of oxime groups is 1. The highest BCUT2D eigenvalue weighted by atomic mass is 35.5. The number of hydrogen-bond donors (Lipinski definition) is 0. The molecule has 0 fully saturated rings. The van der Waals surface area contributed by atoms with Crippen molar-refractivity contribution in [2.24, 2.45) is 5.16 Å². The first-order chi connectivity index (χ1) is 10.1. The maximum Gasteiger partial charge on any atom is 0.270 e. The molecule has 7 heteroatoms. The van der Waals surface area contributed by atoms with Crippen LogP contribution >= 0.6 is 23.2 Å². The second kappa shape index (κ2) is 7.06. The van der Waals surface area contributed by atoms with E-state index in [1.807, 2.05) is 0 Å². The molecular weight excluding hydrogens is 315 g/mol. The fraction of sp³-hybridized carbons (Fsp3) is 0.0714. The quantitative estimate of drug-likeness (QED) is 0.463. The summed E-state index contributed by atoms with van der Waals surface area (Å²) in [7, 11) is 0. The summed E-state index contributed by atoms with van der Waals surface area (Å²) < 4.78 is 0. The van der Waals surface area contributed by atoms with Crippen molar-refractivity contribution in [1.29, 1.82) is 0 Å². The molecule has 0 aliphatic carbocycles. The van der Waals surface area contributed by atoms with Gasteiger partial charge in [-0.15, -0.1) is 0 Å². The number of rotatable bonds is 5. The molecule has 0 amide bonds. The lowest BCUT2D eigenvalue weighted by Crippen LogP contribution is -1.91. The third kappa shape index (κ3) is 4.44. The maximum atomic E-state index is 10.6. The minimum Gasteiger partial charge on any atom is -0.391 e. The van der Waals surface area contributed by atoms with Crippen molar-refractivity contribution in [3.8, 4) is 0 Å². The Kier molecular flexibility index (Phi) is 5.14. The Bertz CT molecular complexity index is 690. The maximum absolute atomic E-state index is 10.6. The van der Waals surface area contributed by atoms with Gasteiger partial charge in [0.2, 0.25) is 0 Å². The lowest BCUT2D eigenvalue weighted by molar-refractivity contribution is -0.384. The molecule has 0 radical (unpaired) electrons. The monoisotopic (exact) mass is 324 g/mol. The van der Waals surface area contributed by atoms with Crippen LogP contribution in [-0.4, -0.2) is 11.1 Å². The molecule has 0 atom stereocenters. The Balaban J connectivity index is 1.95. The van der Waals surface area contributed by atoms with E-state index in [2.05, 4.69) is 5.16 Å². The van der Waals surface area contributed by atoms with Crippen LogP contribution in [0.4, 0.5) is 5.69 Å². The van der Waals surface area contributed by atoms with Crippen molar-refractivity contribution in [2.45, 2.75) is 6.61 Å². The van der Waals surface area contributed by atoms with Gasteiger partial charge in [0.1, 0.15) is 6.61 Å². The SMILES string of the molecule is O=[N+]([O-])c1cccc(/C=N\OCc2ccc(Cl)c(Cl)c2)c1. The minimum absolute atomic E-state index is 0.00318. The van der Waals surface area contributed by atoms with Gasteiger partial charge in [0.05, 0.1) is 21.2 Å². The number of nitro groups is 1. The third-order valence-corrected chi connectivity index (χ3v) is 3.31. The summed E-state index contributed by atoms with van der Waals surface area (Å²) in [5.74, 6) is 0. The molecule has 0 N–H and O–H groups in total. The van der Waals surface area contributed by atoms with E-state index >= 15 is 0 Å². The molecule has 0 saturated carbocycles. The number of halogens is 2. The third-order valence-electron chi connectivity index (χ3n) is 2.57. The van der Waals surface area contributed by atoms with E-state index in [9.17, 15) is 10.1 Å². The average molecular weight is 325 g/mol. The van der Waals surface area contributed by atoms with Gasteiger partial charge in [-0.1, -0.05) is 46.6 Å². The van der Waals surface area contributed by atoms with Crippen LogP contribution < -0.4 is 0 Å². The largest absolute Gasteiger partial charge is 0.391 e. The average Bonchev–Trinajstić information content (AvgIpc) is 2.47. The molecule has 0 spiro atoms. The van der Waals surface area contributed by atoms with Gasteiger partial charge >= 0.3 is 0 Å². The standard InChI is InChI=1S/C14H10Cl2N2O3/c15-13-5-4-11(7-14(13)16)9-21-17-8-10-2-1-3-12(6-10)18(19)20/h1-8H,9H2/b17-8-. The molecule has 2 aromatic carbocycles. The number of nitrogens with zero attached hydrogens (tertiary/aromatic N) is 2. The number of benzene rings is 2. The zero-order valence-corrected chi connectivity index (χ0v) is 12.2. The van der Waals surface area contributed by atoms with Gasteiger partial charge in [0.15, 0.2) is 0 Å². The molecule has 0 saturated heterocycles. The summed E-state index contributed by atoms with van der Waals surface area (Å²) in [6, 6.07) is 11.2. The van der Waals surface area contributed by atoms with Crippen molar-refractivity contribution < 1.29 is 9.76 Å². The van der Waals surface area contributed by atoms with Crippen molar-refractivity contribution in [2.75, 3.05) is 0 Å². The van der Waals surface area contributed by atoms with Crippen LogP contribution in [0.1, 0.15) is 11.1 Å². The topological polar surface area (TPSA) is 64.7 Å². The molecule has 0 aromatic heterocycles. The predicted octanol–water partition coefficient (Wildman–Crippen LogP) is 4.45. The molecule has 0 aliphatic heterocycles. The highest BCUT2D eigenvalue weighted by Gasteiger charge is 2.04. The fourth-order valence-electron chi connectivity index (χ4n) is 1.56. The van der Waals surface area contributed by atoms with Crippen LogP contribution in [0.15, 0.2) is 47.6 Å². The van der Waals surface area contributed by atoms with Crippen molar-refractivity contribution in [1.82, 2.24) is 0 Å².